The summed E-state index contributed by atoms with van der Waals surface area (Å²) in [6.45, 7) is 4.18. The van der Waals surface area contributed by atoms with Gasteiger partial charge in [0.25, 0.3) is 11.8 Å². The number of amides is 3. The molecule has 2 aromatic heterocycles. The van der Waals surface area contributed by atoms with Gasteiger partial charge in [-0.05, 0) is 62.1 Å². The van der Waals surface area contributed by atoms with Crippen molar-refractivity contribution in [1.29, 1.82) is 0 Å². The molecule has 3 aromatic rings. The number of hydrogen-bond donors (Lipinski definition) is 3. The molecule has 1 aliphatic heterocycles. The van der Waals surface area contributed by atoms with Crippen LogP contribution in [-0.4, -0.2) is 76.2 Å². The number of benzene rings is 1. The Balaban J connectivity index is 1.17. The van der Waals surface area contributed by atoms with Crippen LogP contribution >= 0.6 is 0 Å². The predicted octanol–water partition coefficient (Wildman–Crippen LogP) is 3.08. The Morgan fingerprint density at radius 1 is 1.02 bits per heavy atom. The molecule has 3 amide bonds. The van der Waals surface area contributed by atoms with Crippen molar-refractivity contribution in [2.45, 2.75) is 58.4 Å². The third-order valence-corrected chi connectivity index (χ3v) is 8.51. The van der Waals surface area contributed by atoms with Crippen molar-refractivity contribution < 1.29 is 23.9 Å². The van der Waals surface area contributed by atoms with Crippen LogP contribution in [0.5, 0.6) is 11.5 Å². The predicted molar refractivity (Wildman–Crippen MR) is 170 cm³/mol. The zero-order chi connectivity index (χ0) is 31.9. The molecule has 1 saturated carbocycles. The summed E-state index contributed by atoms with van der Waals surface area (Å²) in [5.74, 6) is 1.82. The number of methoxy groups -OCH3 is 2. The van der Waals surface area contributed by atoms with Crippen LogP contribution in [0.3, 0.4) is 0 Å². The maximum absolute atomic E-state index is 12.9. The van der Waals surface area contributed by atoms with Gasteiger partial charge in [-0.3, -0.25) is 24.0 Å². The van der Waals surface area contributed by atoms with E-state index >= 15 is 0 Å². The summed E-state index contributed by atoms with van der Waals surface area (Å²) in [6, 6.07) is 3.92. The van der Waals surface area contributed by atoms with Crippen molar-refractivity contribution in [1.82, 2.24) is 30.0 Å². The van der Waals surface area contributed by atoms with Crippen LogP contribution in [0.15, 0.2) is 30.5 Å². The number of carbonyl (C=O) groups excluding carboxylic acids is 3. The normalized spacial score (nSPS) is 18.1. The van der Waals surface area contributed by atoms with Crippen molar-refractivity contribution in [2.75, 3.05) is 44.9 Å². The van der Waals surface area contributed by atoms with Crippen molar-refractivity contribution in [3.63, 3.8) is 0 Å². The molecule has 0 bridgehead atoms. The minimum Gasteiger partial charge on any atom is -0.496 e. The summed E-state index contributed by atoms with van der Waals surface area (Å²) in [6.07, 6.45) is 10.2. The molecule has 1 fully saturated rings. The summed E-state index contributed by atoms with van der Waals surface area (Å²) in [7, 11) is 3.24. The second-order valence-electron chi connectivity index (χ2n) is 11.6. The SMILES string of the molecule is CCCCNc1nc(N)nc2cn(Cc3c(OC)cc(CCNC(=O)C4CCC(CN5C(=O)C=CC5=O)CC4)cc3OC)nc12. The van der Waals surface area contributed by atoms with Crippen LogP contribution < -0.4 is 25.8 Å². The van der Waals surface area contributed by atoms with E-state index in [0.29, 0.717) is 54.4 Å². The number of nitrogen functional groups attached to an aromatic ring is 1. The van der Waals surface area contributed by atoms with E-state index in [0.717, 1.165) is 56.2 Å². The summed E-state index contributed by atoms with van der Waals surface area (Å²) >= 11 is 0. The van der Waals surface area contributed by atoms with E-state index in [1.54, 1.807) is 18.9 Å². The highest BCUT2D eigenvalue weighted by Crippen LogP contribution is 2.33. The Kier molecular flexibility index (Phi) is 10.2. The minimum absolute atomic E-state index is 0.0389. The van der Waals surface area contributed by atoms with Crippen LogP contribution in [0.1, 0.15) is 56.6 Å². The summed E-state index contributed by atoms with van der Waals surface area (Å²) < 4.78 is 13.3. The molecule has 45 heavy (non-hydrogen) atoms. The largest absolute Gasteiger partial charge is 0.496 e. The van der Waals surface area contributed by atoms with E-state index in [2.05, 4.69) is 27.5 Å². The van der Waals surface area contributed by atoms with Gasteiger partial charge in [-0.1, -0.05) is 13.3 Å². The number of nitrogens with two attached hydrogens (primary N) is 1. The smallest absolute Gasteiger partial charge is 0.253 e. The molecule has 1 aromatic carbocycles. The second kappa shape index (κ2) is 14.4. The number of fused-ring (bicyclic) bond motifs is 1. The lowest BCUT2D eigenvalue weighted by Crippen LogP contribution is -2.38. The summed E-state index contributed by atoms with van der Waals surface area (Å²) in [5, 5.41) is 11.1. The van der Waals surface area contributed by atoms with Crippen molar-refractivity contribution in [2.24, 2.45) is 11.8 Å². The van der Waals surface area contributed by atoms with Gasteiger partial charge in [-0.2, -0.15) is 10.1 Å². The number of nitrogens with one attached hydrogen (secondary N) is 2. The fraction of sp³-hybridized carbons (Fsp3) is 0.500. The van der Waals surface area contributed by atoms with Crippen LogP contribution in [-0.2, 0) is 27.3 Å². The van der Waals surface area contributed by atoms with E-state index < -0.39 is 0 Å². The van der Waals surface area contributed by atoms with Crippen molar-refractivity contribution in [3.8, 4) is 11.5 Å². The monoisotopic (exact) mass is 618 g/mol. The first-order valence-electron chi connectivity index (χ1n) is 15.6. The van der Waals surface area contributed by atoms with Gasteiger partial charge in [0.2, 0.25) is 11.9 Å². The highest BCUT2D eigenvalue weighted by Gasteiger charge is 2.31. The van der Waals surface area contributed by atoms with Gasteiger partial charge in [0.05, 0.1) is 32.5 Å². The molecule has 1 aliphatic carbocycles. The number of carbonyl (C=O) groups is 3. The third-order valence-electron chi connectivity index (χ3n) is 8.51. The number of imide groups is 1. The molecule has 0 unspecified atom stereocenters. The lowest BCUT2D eigenvalue weighted by molar-refractivity contribution is -0.138. The molecule has 13 heteroatoms. The standard InChI is InChI=1S/C32H42N8O5/c1-4-5-13-34-30-29-24(36-32(33)37-30)19-39(38-29)18-23-25(44-2)15-21(16-26(23)45-3)12-14-35-31(43)22-8-6-20(7-9-22)17-40-27(41)10-11-28(40)42/h10-11,15-16,19-20,22H,4-9,12-14,17-18H2,1-3H3,(H,35,43)(H3,33,34,36,37). The number of hydrogen-bond acceptors (Lipinski definition) is 10. The van der Waals surface area contributed by atoms with E-state index in [9.17, 15) is 14.4 Å². The number of anilines is 2. The van der Waals surface area contributed by atoms with Gasteiger partial charge >= 0.3 is 0 Å². The van der Waals surface area contributed by atoms with Gasteiger partial charge in [-0.15, -0.1) is 0 Å². The van der Waals surface area contributed by atoms with Crippen LogP contribution in [0.25, 0.3) is 11.0 Å². The molecule has 240 valence electrons. The van der Waals surface area contributed by atoms with E-state index in [4.69, 9.17) is 20.3 Å². The number of aromatic nitrogens is 4. The summed E-state index contributed by atoms with van der Waals surface area (Å²) in [4.78, 5) is 46.6. The first-order chi connectivity index (χ1) is 21.8. The fourth-order valence-corrected chi connectivity index (χ4v) is 6.02. The molecule has 0 atom stereocenters. The zero-order valence-corrected chi connectivity index (χ0v) is 26.2. The second-order valence-corrected chi connectivity index (χ2v) is 11.6. The van der Waals surface area contributed by atoms with Gasteiger partial charge in [0.1, 0.15) is 17.0 Å². The fourth-order valence-electron chi connectivity index (χ4n) is 6.02. The minimum atomic E-state index is -0.249. The van der Waals surface area contributed by atoms with Crippen molar-refractivity contribution >= 4 is 40.5 Å². The van der Waals surface area contributed by atoms with Gasteiger partial charge in [0.15, 0.2) is 11.3 Å². The quantitative estimate of drug-likeness (QED) is 0.180. The highest BCUT2D eigenvalue weighted by molar-refractivity contribution is 6.12. The molecule has 0 radical (unpaired) electrons. The molecule has 13 nitrogen and oxygen atoms in total. The number of rotatable bonds is 14. The Labute approximate surface area is 262 Å². The number of ether oxygens (including phenoxy) is 2. The molecule has 0 saturated heterocycles. The Morgan fingerprint density at radius 3 is 2.36 bits per heavy atom. The van der Waals surface area contributed by atoms with Crippen LogP contribution in [0, 0.1) is 11.8 Å². The molecule has 4 N–H and O–H groups in total. The number of unbranched alkanes of at least 4 members (excludes halogenated alkanes) is 1. The van der Waals surface area contributed by atoms with E-state index in [1.807, 2.05) is 18.3 Å². The van der Waals surface area contributed by atoms with Crippen LogP contribution in [0.4, 0.5) is 11.8 Å². The molecule has 5 rings (SSSR count). The van der Waals surface area contributed by atoms with E-state index in [-0.39, 0.29) is 35.5 Å². The number of nitrogens with zero attached hydrogens (tertiary/aromatic N) is 5. The van der Waals surface area contributed by atoms with Gasteiger partial charge in [-0.25, -0.2) is 4.98 Å². The van der Waals surface area contributed by atoms with E-state index in [1.165, 1.54) is 17.1 Å². The maximum Gasteiger partial charge on any atom is 0.253 e. The average molecular weight is 619 g/mol. The lowest BCUT2D eigenvalue weighted by Gasteiger charge is -2.30. The third kappa shape index (κ3) is 7.52. The highest BCUT2D eigenvalue weighted by atomic mass is 16.5. The lowest BCUT2D eigenvalue weighted by atomic mass is 9.81. The van der Waals surface area contributed by atoms with Gasteiger partial charge < -0.3 is 25.8 Å². The van der Waals surface area contributed by atoms with Gasteiger partial charge in [0, 0.05) is 37.7 Å². The molecule has 2 aliphatic rings. The Hall–Kier alpha value is -4.68. The first-order valence-corrected chi connectivity index (χ1v) is 15.6. The Morgan fingerprint density at radius 2 is 1.71 bits per heavy atom. The van der Waals surface area contributed by atoms with Crippen molar-refractivity contribution in [3.05, 3.63) is 41.6 Å². The molecule has 0 spiro atoms. The maximum atomic E-state index is 12.9. The topological polar surface area (TPSA) is 167 Å². The first kappa shape index (κ1) is 31.7. The Bertz CT molecular complexity index is 1530. The molecule has 3 heterocycles. The van der Waals surface area contributed by atoms with Crippen LogP contribution in [0.2, 0.25) is 0 Å². The zero-order valence-electron chi connectivity index (χ0n) is 26.2. The molecular weight excluding hydrogens is 576 g/mol. The average Bonchev–Trinajstić information content (AvgIpc) is 3.59. The molecular formula is C32H42N8O5. The summed E-state index contributed by atoms with van der Waals surface area (Å²) in [5.41, 5.74) is 9.04.